The van der Waals surface area contributed by atoms with E-state index in [0.29, 0.717) is 22.7 Å². The first-order valence-corrected chi connectivity index (χ1v) is 12.6. The largest absolute Gasteiger partial charge is 0.476 e. The lowest BCUT2D eigenvalue weighted by molar-refractivity contribution is -0.132. The highest BCUT2D eigenvalue weighted by atomic mass is 35.5. The molecule has 2 amide bonds. The van der Waals surface area contributed by atoms with E-state index < -0.39 is 5.60 Å². The second-order valence-electron chi connectivity index (χ2n) is 10.2. The second-order valence-corrected chi connectivity index (χ2v) is 10.2. The molecule has 3 aromatic rings. The molecule has 7 heteroatoms. The maximum absolute atomic E-state index is 13.3. The minimum absolute atomic E-state index is 0. The maximum Gasteiger partial charge on any atom is 0.270 e. The molecule has 37 heavy (non-hydrogen) atoms. The van der Waals surface area contributed by atoms with Gasteiger partial charge >= 0.3 is 0 Å². The molecule has 0 aliphatic carbocycles. The van der Waals surface area contributed by atoms with Gasteiger partial charge in [-0.05, 0) is 86.8 Å². The third-order valence-electron chi connectivity index (χ3n) is 7.06. The molecule has 0 atom stereocenters. The van der Waals surface area contributed by atoms with Crippen LogP contribution in [0.15, 0.2) is 66.7 Å². The van der Waals surface area contributed by atoms with Crippen molar-refractivity contribution >= 4 is 35.6 Å². The second kappa shape index (κ2) is 11.0. The van der Waals surface area contributed by atoms with Gasteiger partial charge in [-0.25, -0.2) is 0 Å². The van der Waals surface area contributed by atoms with Gasteiger partial charge in [-0.3, -0.25) is 14.5 Å². The van der Waals surface area contributed by atoms with Crippen LogP contribution in [-0.2, 0) is 11.3 Å². The highest BCUT2D eigenvalue weighted by molar-refractivity contribution is 6.06. The molecule has 2 aliphatic heterocycles. The fourth-order valence-corrected chi connectivity index (χ4v) is 5.10. The van der Waals surface area contributed by atoms with Crippen molar-refractivity contribution in [1.82, 2.24) is 4.90 Å². The Labute approximate surface area is 225 Å². The first-order valence-electron chi connectivity index (χ1n) is 12.6. The van der Waals surface area contributed by atoms with Crippen LogP contribution in [0.2, 0.25) is 0 Å². The van der Waals surface area contributed by atoms with Crippen molar-refractivity contribution in [3.63, 3.8) is 0 Å². The molecular weight excluding hydrogens is 486 g/mol. The lowest BCUT2D eigenvalue weighted by atomic mass is 9.96. The molecule has 6 nitrogen and oxygen atoms in total. The van der Waals surface area contributed by atoms with Crippen molar-refractivity contribution in [3.8, 4) is 16.9 Å². The van der Waals surface area contributed by atoms with Crippen LogP contribution in [0.5, 0.6) is 5.75 Å². The number of nitrogens with one attached hydrogen (secondary N) is 1. The van der Waals surface area contributed by atoms with Gasteiger partial charge < -0.3 is 15.0 Å². The number of nitrogens with zero attached hydrogens (tertiary/aromatic N) is 2. The number of likely N-dealkylation sites (tertiary alicyclic amines) is 1. The summed E-state index contributed by atoms with van der Waals surface area (Å²) in [6, 6.07) is 21.7. The molecule has 0 bridgehead atoms. The SMILES string of the molecule is CN1C(=O)C(C)(C)Oc2ccc(NC(=O)c3ccc(-c4ccccc4)c(CN4CCCCC4)c3)cc21.Cl. The van der Waals surface area contributed by atoms with Gasteiger partial charge in [0.05, 0.1) is 5.69 Å². The van der Waals surface area contributed by atoms with Crippen LogP contribution < -0.4 is 15.0 Å². The molecule has 5 rings (SSSR count). The van der Waals surface area contributed by atoms with Crippen LogP contribution in [0.25, 0.3) is 11.1 Å². The number of carbonyl (C=O) groups excluding carboxylic acids is 2. The molecule has 0 radical (unpaired) electrons. The standard InChI is InChI=1S/C30H33N3O3.ClH/c1-30(2)29(35)32(3)26-19-24(13-15-27(26)36-30)31-28(34)22-12-14-25(21-10-6-4-7-11-21)23(18-22)20-33-16-8-5-9-17-33;/h4,6-7,10-15,18-19H,5,8-9,16-17,20H2,1-3H3,(H,31,34);1H. The fraction of sp³-hybridized carbons (Fsp3) is 0.333. The van der Waals surface area contributed by atoms with Gasteiger partial charge in [0.2, 0.25) is 0 Å². The smallest absolute Gasteiger partial charge is 0.270 e. The fourth-order valence-electron chi connectivity index (χ4n) is 5.10. The van der Waals surface area contributed by atoms with E-state index in [4.69, 9.17) is 4.74 Å². The molecule has 1 fully saturated rings. The van der Waals surface area contributed by atoms with Gasteiger partial charge in [-0.1, -0.05) is 42.8 Å². The summed E-state index contributed by atoms with van der Waals surface area (Å²) in [6.07, 6.45) is 3.72. The summed E-state index contributed by atoms with van der Waals surface area (Å²) in [5, 5.41) is 3.01. The Kier molecular flexibility index (Phi) is 7.90. The quantitative estimate of drug-likeness (QED) is 0.439. The van der Waals surface area contributed by atoms with E-state index in [2.05, 4.69) is 28.4 Å². The number of likely N-dealkylation sites (N-methyl/N-ethyl adjacent to an activating group) is 1. The molecule has 0 aromatic heterocycles. The molecule has 1 saturated heterocycles. The molecule has 0 unspecified atom stereocenters. The number of ether oxygens (including phenoxy) is 1. The number of anilines is 2. The van der Waals surface area contributed by atoms with E-state index in [9.17, 15) is 9.59 Å². The van der Waals surface area contributed by atoms with Crippen molar-refractivity contribution in [3.05, 3.63) is 77.9 Å². The highest BCUT2D eigenvalue weighted by Gasteiger charge is 2.39. The summed E-state index contributed by atoms with van der Waals surface area (Å²) < 4.78 is 5.88. The molecule has 0 spiro atoms. The van der Waals surface area contributed by atoms with Crippen LogP contribution in [0.1, 0.15) is 49.0 Å². The Morgan fingerprint density at radius 1 is 0.973 bits per heavy atom. The van der Waals surface area contributed by atoms with Crippen molar-refractivity contribution in [2.75, 3.05) is 30.4 Å². The Morgan fingerprint density at radius 2 is 1.70 bits per heavy atom. The first kappa shape index (κ1) is 26.7. The minimum Gasteiger partial charge on any atom is -0.476 e. The molecular formula is C30H34ClN3O3. The van der Waals surface area contributed by atoms with Gasteiger partial charge in [-0.2, -0.15) is 0 Å². The Morgan fingerprint density at radius 3 is 2.43 bits per heavy atom. The van der Waals surface area contributed by atoms with E-state index in [1.54, 1.807) is 37.9 Å². The third kappa shape index (κ3) is 5.65. The summed E-state index contributed by atoms with van der Waals surface area (Å²) in [5.74, 6) is 0.314. The van der Waals surface area contributed by atoms with Crippen molar-refractivity contribution < 1.29 is 14.3 Å². The average molecular weight is 520 g/mol. The predicted octanol–water partition coefficient (Wildman–Crippen LogP) is 6.15. The van der Waals surface area contributed by atoms with E-state index in [0.717, 1.165) is 36.3 Å². The number of fused-ring (bicyclic) bond motifs is 1. The number of rotatable bonds is 5. The van der Waals surface area contributed by atoms with Crippen LogP contribution >= 0.6 is 12.4 Å². The molecule has 1 N–H and O–H groups in total. The number of halogens is 1. The number of carbonyl (C=O) groups is 2. The Balaban J connectivity index is 0.00000320. The number of piperidine rings is 1. The van der Waals surface area contributed by atoms with E-state index in [1.807, 2.05) is 36.4 Å². The molecule has 2 aliphatic rings. The van der Waals surface area contributed by atoms with Gasteiger partial charge in [0.1, 0.15) is 5.75 Å². The summed E-state index contributed by atoms with van der Waals surface area (Å²) in [6.45, 7) is 6.51. The summed E-state index contributed by atoms with van der Waals surface area (Å²) in [5.41, 5.74) is 4.42. The van der Waals surface area contributed by atoms with Crippen LogP contribution in [0, 0.1) is 0 Å². The summed E-state index contributed by atoms with van der Waals surface area (Å²) >= 11 is 0. The third-order valence-corrected chi connectivity index (χ3v) is 7.06. The topological polar surface area (TPSA) is 61.9 Å². The van der Waals surface area contributed by atoms with E-state index >= 15 is 0 Å². The number of benzene rings is 3. The number of amides is 2. The average Bonchev–Trinajstić information content (AvgIpc) is 2.89. The van der Waals surface area contributed by atoms with Gasteiger partial charge in [0, 0.05) is 24.8 Å². The highest BCUT2D eigenvalue weighted by Crippen LogP contribution is 2.38. The zero-order chi connectivity index (χ0) is 25.3. The monoisotopic (exact) mass is 519 g/mol. The van der Waals surface area contributed by atoms with Crippen LogP contribution in [-0.4, -0.2) is 42.5 Å². The molecule has 2 heterocycles. The zero-order valence-corrected chi connectivity index (χ0v) is 22.4. The summed E-state index contributed by atoms with van der Waals surface area (Å²) in [4.78, 5) is 30.0. The van der Waals surface area contributed by atoms with Crippen molar-refractivity contribution in [2.24, 2.45) is 0 Å². The molecule has 0 saturated carbocycles. The van der Waals surface area contributed by atoms with Crippen molar-refractivity contribution in [1.29, 1.82) is 0 Å². The van der Waals surface area contributed by atoms with E-state index in [1.165, 1.54) is 19.3 Å². The minimum atomic E-state index is -0.919. The number of hydrogen-bond donors (Lipinski definition) is 1. The zero-order valence-electron chi connectivity index (χ0n) is 21.6. The lowest BCUT2D eigenvalue weighted by Crippen LogP contribution is -2.50. The first-order chi connectivity index (χ1) is 17.3. The van der Waals surface area contributed by atoms with E-state index in [-0.39, 0.29) is 24.2 Å². The van der Waals surface area contributed by atoms with Gasteiger partial charge in [-0.15, -0.1) is 12.4 Å². The van der Waals surface area contributed by atoms with Gasteiger partial charge in [0.25, 0.3) is 11.8 Å². The van der Waals surface area contributed by atoms with Crippen LogP contribution in [0.3, 0.4) is 0 Å². The number of hydrogen-bond acceptors (Lipinski definition) is 4. The molecule has 3 aromatic carbocycles. The normalized spacial score (nSPS) is 16.8. The summed E-state index contributed by atoms with van der Waals surface area (Å²) in [7, 11) is 1.73. The Bertz CT molecular complexity index is 1290. The maximum atomic E-state index is 13.3. The lowest BCUT2D eigenvalue weighted by Gasteiger charge is -2.37. The van der Waals surface area contributed by atoms with Crippen LogP contribution in [0.4, 0.5) is 11.4 Å². The van der Waals surface area contributed by atoms with Crippen molar-refractivity contribution in [2.45, 2.75) is 45.3 Å². The predicted molar refractivity (Wildman–Crippen MR) is 151 cm³/mol. The Hall–Kier alpha value is -3.35. The van der Waals surface area contributed by atoms with Gasteiger partial charge in [0.15, 0.2) is 5.60 Å². The molecule has 194 valence electrons.